The third kappa shape index (κ3) is 9.27. The molecule has 0 saturated carbocycles. The Hall–Kier alpha value is -6.22. The fourth-order valence-electron chi connectivity index (χ4n) is 4.71. The zero-order chi connectivity index (χ0) is 47.1. The van der Waals surface area contributed by atoms with Gasteiger partial charge in [-0.2, -0.15) is 0 Å². The lowest BCUT2D eigenvalue weighted by Gasteiger charge is -2.10. The Bertz CT molecular complexity index is 2620. The molecule has 0 aliphatic carbocycles. The molecule has 0 aliphatic rings. The maximum atomic E-state index is 12.0. The minimum absolute atomic E-state index is 0.0399. The van der Waals surface area contributed by atoms with Crippen molar-refractivity contribution in [3.63, 3.8) is 0 Å². The molecule has 0 aliphatic heterocycles. The minimum Gasteiger partial charge on any atom is -0.496 e. The summed E-state index contributed by atoms with van der Waals surface area (Å²) in [5.41, 5.74) is 2.79. The number of nitrogens with one attached hydrogen (secondary N) is 2. The van der Waals surface area contributed by atoms with Gasteiger partial charge >= 0.3 is 11.9 Å². The van der Waals surface area contributed by atoms with E-state index in [1.54, 1.807) is 30.6 Å². The van der Waals surface area contributed by atoms with Gasteiger partial charge in [0.2, 0.25) is 0 Å². The van der Waals surface area contributed by atoms with Gasteiger partial charge < -0.3 is 28.9 Å². The van der Waals surface area contributed by atoms with Crippen molar-refractivity contribution in [3.8, 4) is 11.5 Å². The summed E-state index contributed by atoms with van der Waals surface area (Å²) in [6, 6.07) is 18.6. The molecule has 0 saturated heterocycles. The van der Waals surface area contributed by atoms with E-state index in [1.807, 2.05) is 6.07 Å². The number of methoxy groups -OCH3 is 4. The normalized spacial score (nSPS) is 14.8. The van der Waals surface area contributed by atoms with Crippen molar-refractivity contribution in [1.29, 1.82) is 0 Å². The van der Waals surface area contributed by atoms with Crippen molar-refractivity contribution in [1.82, 2.24) is 9.97 Å². The largest absolute Gasteiger partial charge is 0.496 e. The number of alkyl halides is 1. The Balaban J connectivity index is 0.000000231. The molecule has 0 atom stereocenters. The molecule has 6 rings (SSSR count). The van der Waals surface area contributed by atoms with Crippen LogP contribution in [0.3, 0.4) is 0 Å². The van der Waals surface area contributed by atoms with Gasteiger partial charge in [-0.05, 0) is 53.6 Å². The molecule has 15 heteroatoms. The maximum absolute atomic E-state index is 12.0. The van der Waals surface area contributed by atoms with Crippen LogP contribution in [-0.2, 0) is 21.2 Å². The number of halogens is 1. The first-order chi connectivity index (χ1) is 29.1. The van der Waals surface area contributed by atoms with E-state index in [1.165, 1.54) is 42.5 Å². The molecule has 4 aromatic carbocycles. The zero-order valence-corrected chi connectivity index (χ0v) is 27.5. The smallest absolute Gasteiger partial charge is 0.337 e. The Morgan fingerprint density at radius 2 is 1.29 bits per heavy atom. The fourth-order valence-corrected chi connectivity index (χ4v) is 5.18. The molecule has 51 heavy (non-hydrogen) atoms. The van der Waals surface area contributed by atoms with Crippen LogP contribution in [-0.4, -0.2) is 59.9 Å². The predicted molar refractivity (Wildman–Crippen MR) is 194 cm³/mol. The van der Waals surface area contributed by atoms with Crippen LogP contribution in [0.15, 0.2) is 91.3 Å². The van der Waals surface area contributed by atoms with Gasteiger partial charge in [-0.1, -0.05) is 28.1 Å². The molecule has 6 aromatic rings. The zero-order valence-electron chi connectivity index (χ0n) is 37.9. The molecule has 0 bridgehead atoms. The Morgan fingerprint density at radius 1 is 0.706 bits per heavy atom. The van der Waals surface area contributed by atoms with Crippen LogP contribution in [0.4, 0.5) is 11.4 Å². The van der Waals surface area contributed by atoms with Gasteiger partial charge in [0.15, 0.2) is 0 Å². The molecule has 0 unspecified atom stereocenters. The summed E-state index contributed by atoms with van der Waals surface area (Å²) >= 11 is 3.16. The topological polar surface area (TPSA) is 189 Å². The van der Waals surface area contributed by atoms with Gasteiger partial charge in [0.1, 0.15) is 11.5 Å². The molecule has 0 radical (unpaired) electrons. The number of aromatic amines is 2. The number of aromatic nitrogens is 2. The third-order valence-corrected chi connectivity index (χ3v) is 7.85. The first kappa shape index (κ1) is 24.0. The van der Waals surface area contributed by atoms with Gasteiger partial charge in [-0.15, -0.1) is 0 Å². The van der Waals surface area contributed by atoms with Crippen molar-refractivity contribution in [2.75, 3.05) is 28.2 Å². The lowest BCUT2D eigenvalue weighted by atomic mass is 10.0. The van der Waals surface area contributed by atoms with Crippen molar-refractivity contribution in [2.45, 2.75) is 11.8 Å². The summed E-state index contributed by atoms with van der Waals surface area (Å²) in [5.74, 6) is -2.45. The summed E-state index contributed by atoms with van der Waals surface area (Å²) in [7, 11) is -11.3. The number of H-pyrrole nitrogens is 2. The maximum Gasteiger partial charge on any atom is 0.337 e. The van der Waals surface area contributed by atoms with Gasteiger partial charge in [0, 0.05) is 75.8 Å². The summed E-state index contributed by atoms with van der Waals surface area (Å²) in [6.45, 7) is 0. The Morgan fingerprint density at radius 3 is 1.88 bits per heavy atom. The van der Waals surface area contributed by atoms with E-state index >= 15 is 0 Å². The second-order valence-corrected chi connectivity index (χ2v) is 10.8. The SMILES string of the molecule is O=[N+]([O-])c1ccc2[nH]ccc2c1.[2H]C([2H])([2H])OC(=O)c1ccc(CBr)c(OC([2H])([2H])[2H])c1.[2H]C([2H])([2H])OC(=O)c1ccc(Cc2c[nH]c3ccc([N+](=O)[O-])cc23)c(OC([2H])([2H])[2H])c1. The van der Waals surface area contributed by atoms with Crippen molar-refractivity contribution >= 4 is 61.0 Å². The summed E-state index contributed by atoms with van der Waals surface area (Å²) < 4.78 is 103. The fraction of sp³-hybridized carbons (Fsp3) is 0.167. The molecule has 264 valence electrons. The highest BCUT2D eigenvalue weighted by Crippen LogP contribution is 2.29. The van der Waals surface area contributed by atoms with Crippen LogP contribution < -0.4 is 9.47 Å². The first-order valence-electron chi connectivity index (χ1n) is 20.2. The van der Waals surface area contributed by atoms with Crippen molar-refractivity contribution < 1.29 is 54.8 Å². The number of nitrogens with zero attached hydrogens (tertiary/aromatic N) is 2. The predicted octanol–water partition coefficient (Wildman–Crippen LogP) is 7.91. The van der Waals surface area contributed by atoms with Gasteiger partial charge in [0.05, 0.1) is 65.6 Å². The average Bonchev–Trinajstić information content (AvgIpc) is 3.80. The number of carbonyl (C=O) groups is 2. The highest BCUT2D eigenvalue weighted by molar-refractivity contribution is 9.08. The van der Waals surface area contributed by atoms with E-state index in [2.05, 4.69) is 35.4 Å². The van der Waals surface area contributed by atoms with Crippen LogP contribution in [0.1, 0.15) is 53.9 Å². The Labute approximate surface area is 316 Å². The summed E-state index contributed by atoms with van der Waals surface area (Å²) in [6.07, 6.45) is 3.51. The molecule has 2 aromatic heterocycles. The molecule has 0 amide bonds. The summed E-state index contributed by atoms with van der Waals surface area (Å²) in [4.78, 5) is 50.1. The highest BCUT2D eigenvalue weighted by Gasteiger charge is 2.15. The van der Waals surface area contributed by atoms with Crippen molar-refractivity contribution in [3.05, 3.63) is 139 Å². The second-order valence-electron chi connectivity index (χ2n) is 10.2. The molecule has 0 fully saturated rings. The minimum atomic E-state index is -2.96. The van der Waals surface area contributed by atoms with E-state index in [-0.39, 0.29) is 40.4 Å². The molecule has 0 spiro atoms. The van der Waals surface area contributed by atoms with Crippen LogP contribution in [0.5, 0.6) is 11.5 Å². The number of rotatable bonds is 9. The monoisotopic (exact) mass is 772 g/mol. The number of ether oxygens (including phenoxy) is 4. The number of nitro benzene ring substituents is 2. The van der Waals surface area contributed by atoms with E-state index in [4.69, 9.17) is 25.9 Å². The number of benzene rings is 4. The van der Waals surface area contributed by atoms with E-state index in [9.17, 15) is 29.8 Å². The number of carbonyl (C=O) groups excluding carboxylic acids is 2. The molecule has 2 N–H and O–H groups in total. The highest BCUT2D eigenvalue weighted by atomic mass is 79.9. The number of esters is 2. The number of fused-ring (bicyclic) bond motifs is 2. The van der Waals surface area contributed by atoms with Crippen LogP contribution >= 0.6 is 15.9 Å². The molecular weight excluding hydrogens is 728 g/mol. The standard InChI is InChI=1S/C18H16N2O5.C10H11BrO3.C8H6N2O2/c1-24-17-8-12(18(21)25-2)4-3-11(17)7-13-10-19-16-6-5-14(20(22)23)9-15(13)16;1-13-9-5-7(10(12)14-2)3-4-8(9)6-11;11-10(12)7-1-2-8-6(5-7)3-4-9-8/h3-6,8-10,19H,7H2,1-2H3;3-5H,6H2,1-2H3;1-5,9H/i2*1D3,2D3;. The van der Waals surface area contributed by atoms with Crippen LogP contribution in [0.25, 0.3) is 21.8 Å². The van der Waals surface area contributed by atoms with Gasteiger partial charge in [-0.3, -0.25) is 20.2 Å². The van der Waals surface area contributed by atoms with E-state index < -0.39 is 49.9 Å². The average molecular weight is 774 g/mol. The van der Waals surface area contributed by atoms with Crippen molar-refractivity contribution in [2.24, 2.45) is 0 Å². The van der Waals surface area contributed by atoms with Gasteiger partial charge in [0.25, 0.3) is 11.4 Å². The third-order valence-electron chi connectivity index (χ3n) is 7.25. The quantitative estimate of drug-likeness (QED) is 0.0632. The van der Waals surface area contributed by atoms with Crippen LogP contribution in [0, 0.1) is 20.2 Å². The number of nitro groups is 2. The number of hydrogen-bond donors (Lipinski definition) is 2. The lowest BCUT2D eigenvalue weighted by molar-refractivity contribution is -0.384. The number of non-ortho nitro benzene ring substituents is 2. The Kier molecular flexibility index (Phi) is 8.21. The molecular formula is C36H33BrN4O10. The molecule has 14 nitrogen and oxygen atoms in total. The van der Waals surface area contributed by atoms with E-state index in [0.717, 1.165) is 23.0 Å². The molecule has 2 heterocycles. The lowest BCUT2D eigenvalue weighted by Crippen LogP contribution is -2.03. The first-order valence-corrected chi connectivity index (χ1v) is 15.4. The van der Waals surface area contributed by atoms with Gasteiger partial charge in [-0.25, -0.2) is 9.59 Å². The van der Waals surface area contributed by atoms with Crippen LogP contribution in [0.2, 0.25) is 0 Å². The number of hydrogen-bond acceptors (Lipinski definition) is 10. The van der Waals surface area contributed by atoms with E-state index in [0.29, 0.717) is 32.9 Å². The second kappa shape index (κ2) is 17.4. The summed E-state index contributed by atoms with van der Waals surface area (Å²) in [5, 5.41) is 23.2.